The van der Waals surface area contributed by atoms with Gasteiger partial charge in [0, 0.05) is 19.3 Å². The van der Waals surface area contributed by atoms with Gasteiger partial charge in [-0.1, -0.05) is 6.07 Å². The molecule has 0 aliphatic heterocycles. The SMILES string of the molecule is Cn1c(CCCl)nc2c(F)cccc21. The van der Waals surface area contributed by atoms with Crippen LogP contribution in [0.2, 0.25) is 0 Å². The number of hydrogen-bond donors (Lipinski definition) is 0. The van der Waals surface area contributed by atoms with Crippen LogP contribution in [0.3, 0.4) is 0 Å². The van der Waals surface area contributed by atoms with Gasteiger partial charge in [-0.15, -0.1) is 11.6 Å². The largest absolute Gasteiger partial charge is 0.331 e. The minimum atomic E-state index is -0.279. The van der Waals surface area contributed by atoms with Gasteiger partial charge in [0.15, 0.2) is 5.82 Å². The molecule has 0 fully saturated rings. The van der Waals surface area contributed by atoms with E-state index in [2.05, 4.69) is 4.98 Å². The van der Waals surface area contributed by atoms with Gasteiger partial charge in [-0.3, -0.25) is 0 Å². The summed E-state index contributed by atoms with van der Waals surface area (Å²) >= 11 is 5.63. The summed E-state index contributed by atoms with van der Waals surface area (Å²) < 4.78 is 15.2. The first-order valence-corrected chi connectivity index (χ1v) is 4.93. The number of alkyl halides is 1. The fourth-order valence-corrected chi connectivity index (χ4v) is 1.71. The summed E-state index contributed by atoms with van der Waals surface area (Å²) in [6, 6.07) is 4.95. The number of benzene rings is 1. The Kier molecular flexibility index (Phi) is 2.42. The van der Waals surface area contributed by atoms with Crippen LogP contribution in [0.25, 0.3) is 11.0 Å². The third kappa shape index (κ3) is 1.38. The van der Waals surface area contributed by atoms with E-state index in [1.54, 1.807) is 6.07 Å². The zero-order valence-electron chi connectivity index (χ0n) is 7.80. The third-order valence-corrected chi connectivity index (χ3v) is 2.46. The highest BCUT2D eigenvalue weighted by Crippen LogP contribution is 2.18. The zero-order chi connectivity index (χ0) is 10.1. The Morgan fingerprint density at radius 2 is 2.29 bits per heavy atom. The van der Waals surface area contributed by atoms with Crippen molar-refractivity contribution in [3.63, 3.8) is 0 Å². The molecule has 74 valence electrons. The third-order valence-electron chi connectivity index (χ3n) is 2.27. The van der Waals surface area contributed by atoms with Gasteiger partial charge in [-0.25, -0.2) is 9.37 Å². The average molecular weight is 213 g/mol. The van der Waals surface area contributed by atoms with Crippen LogP contribution in [0.1, 0.15) is 5.82 Å². The van der Waals surface area contributed by atoms with Gasteiger partial charge < -0.3 is 4.57 Å². The molecular weight excluding hydrogens is 203 g/mol. The van der Waals surface area contributed by atoms with Crippen molar-refractivity contribution in [2.45, 2.75) is 6.42 Å². The highest BCUT2D eigenvalue weighted by Gasteiger charge is 2.09. The van der Waals surface area contributed by atoms with E-state index < -0.39 is 0 Å². The van der Waals surface area contributed by atoms with Gasteiger partial charge in [0.25, 0.3) is 0 Å². The second-order valence-electron chi connectivity index (χ2n) is 3.13. The molecule has 0 unspecified atom stereocenters. The number of aryl methyl sites for hydroxylation is 2. The maximum Gasteiger partial charge on any atom is 0.151 e. The number of imidazole rings is 1. The van der Waals surface area contributed by atoms with Gasteiger partial charge in [-0.05, 0) is 12.1 Å². The van der Waals surface area contributed by atoms with Crippen LogP contribution in [0.5, 0.6) is 0 Å². The summed E-state index contributed by atoms with van der Waals surface area (Å²) in [7, 11) is 1.87. The first-order chi connectivity index (χ1) is 6.74. The van der Waals surface area contributed by atoms with E-state index in [0.717, 1.165) is 11.3 Å². The van der Waals surface area contributed by atoms with E-state index in [-0.39, 0.29) is 5.82 Å². The molecule has 2 rings (SSSR count). The van der Waals surface area contributed by atoms with Crippen molar-refractivity contribution < 1.29 is 4.39 Å². The fourth-order valence-electron chi connectivity index (χ4n) is 1.54. The van der Waals surface area contributed by atoms with E-state index in [1.807, 2.05) is 17.7 Å². The standard InChI is InChI=1S/C10H10ClFN2/c1-14-8-4-2-3-7(12)10(8)13-9(14)5-6-11/h2-4H,5-6H2,1H3. The number of halogens is 2. The number of nitrogens with zero attached hydrogens (tertiary/aromatic N) is 2. The van der Waals surface area contributed by atoms with Crippen molar-refractivity contribution in [1.29, 1.82) is 0 Å². The molecule has 4 heteroatoms. The maximum atomic E-state index is 13.3. The van der Waals surface area contributed by atoms with E-state index in [4.69, 9.17) is 11.6 Å². The minimum Gasteiger partial charge on any atom is -0.331 e. The molecule has 1 heterocycles. The molecule has 14 heavy (non-hydrogen) atoms. The topological polar surface area (TPSA) is 17.8 Å². The molecule has 0 spiro atoms. The number of rotatable bonds is 2. The minimum absolute atomic E-state index is 0.279. The Morgan fingerprint density at radius 3 is 2.93 bits per heavy atom. The van der Waals surface area contributed by atoms with E-state index in [9.17, 15) is 4.39 Å². The summed E-state index contributed by atoms with van der Waals surface area (Å²) in [5.74, 6) is 1.04. The van der Waals surface area contributed by atoms with Crippen LogP contribution >= 0.6 is 11.6 Å². The van der Waals surface area contributed by atoms with E-state index in [1.165, 1.54) is 6.07 Å². The predicted octanol–water partition coefficient (Wildman–Crippen LogP) is 2.49. The summed E-state index contributed by atoms with van der Waals surface area (Å²) in [5, 5.41) is 0. The number of para-hydroxylation sites is 1. The quantitative estimate of drug-likeness (QED) is 0.700. The van der Waals surface area contributed by atoms with Gasteiger partial charge >= 0.3 is 0 Å². The average Bonchev–Trinajstić information content (AvgIpc) is 2.48. The Bertz CT molecular complexity index is 464. The van der Waals surface area contributed by atoms with Crippen LogP contribution < -0.4 is 0 Å². The Labute approximate surface area is 86.3 Å². The second kappa shape index (κ2) is 3.58. The van der Waals surface area contributed by atoms with Crippen LogP contribution in [-0.2, 0) is 13.5 Å². The Morgan fingerprint density at radius 1 is 1.50 bits per heavy atom. The van der Waals surface area contributed by atoms with Crippen molar-refractivity contribution in [3.05, 3.63) is 29.8 Å². The van der Waals surface area contributed by atoms with Gasteiger partial charge in [0.1, 0.15) is 11.3 Å². The molecule has 0 saturated heterocycles. The molecule has 2 aromatic rings. The smallest absolute Gasteiger partial charge is 0.151 e. The Hall–Kier alpha value is -1.09. The molecule has 1 aromatic heterocycles. The highest BCUT2D eigenvalue weighted by molar-refractivity contribution is 6.17. The van der Waals surface area contributed by atoms with Crippen molar-refractivity contribution in [1.82, 2.24) is 9.55 Å². The lowest BCUT2D eigenvalue weighted by Crippen LogP contribution is -1.98. The molecular formula is C10H10ClFN2. The molecule has 0 amide bonds. The van der Waals surface area contributed by atoms with Crippen molar-refractivity contribution in [2.75, 3.05) is 5.88 Å². The summed E-state index contributed by atoms with van der Waals surface area (Å²) in [4.78, 5) is 4.21. The molecule has 0 atom stereocenters. The van der Waals surface area contributed by atoms with Crippen LogP contribution in [-0.4, -0.2) is 15.4 Å². The lowest BCUT2D eigenvalue weighted by molar-refractivity contribution is 0.637. The first-order valence-electron chi connectivity index (χ1n) is 4.40. The summed E-state index contributed by atoms with van der Waals surface area (Å²) in [6.07, 6.45) is 0.659. The molecule has 0 aliphatic rings. The monoisotopic (exact) mass is 212 g/mol. The second-order valence-corrected chi connectivity index (χ2v) is 3.51. The molecule has 0 radical (unpaired) electrons. The van der Waals surface area contributed by atoms with Crippen molar-refractivity contribution in [3.8, 4) is 0 Å². The molecule has 0 aliphatic carbocycles. The van der Waals surface area contributed by atoms with Gasteiger partial charge in [0.05, 0.1) is 5.52 Å². The first kappa shape index (κ1) is 9.46. The zero-order valence-corrected chi connectivity index (χ0v) is 8.55. The molecule has 0 bridgehead atoms. The highest BCUT2D eigenvalue weighted by atomic mass is 35.5. The lowest BCUT2D eigenvalue weighted by Gasteiger charge is -1.98. The van der Waals surface area contributed by atoms with Crippen LogP contribution in [0.15, 0.2) is 18.2 Å². The summed E-state index contributed by atoms with van der Waals surface area (Å²) in [6.45, 7) is 0. The molecule has 2 nitrogen and oxygen atoms in total. The normalized spacial score (nSPS) is 11.1. The molecule has 1 aromatic carbocycles. The fraction of sp³-hybridized carbons (Fsp3) is 0.300. The molecule has 0 saturated carbocycles. The molecule has 0 N–H and O–H groups in total. The lowest BCUT2D eigenvalue weighted by atomic mass is 10.3. The Balaban J connectivity index is 2.67. The van der Waals surface area contributed by atoms with Crippen molar-refractivity contribution in [2.24, 2.45) is 7.05 Å². The maximum absolute atomic E-state index is 13.3. The van der Waals surface area contributed by atoms with Crippen molar-refractivity contribution >= 4 is 22.6 Å². The summed E-state index contributed by atoms with van der Waals surface area (Å²) in [5.41, 5.74) is 1.24. The predicted molar refractivity (Wildman–Crippen MR) is 55.1 cm³/mol. The van der Waals surface area contributed by atoms with Crippen LogP contribution in [0, 0.1) is 5.82 Å². The number of hydrogen-bond acceptors (Lipinski definition) is 1. The van der Waals surface area contributed by atoms with E-state index in [0.29, 0.717) is 17.8 Å². The number of fused-ring (bicyclic) bond motifs is 1. The van der Waals surface area contributed by atoms with Crippen LogP contribution in [0.4, 0.5) is 4.39 Å². The number of aromatic nitrogens is 2. The van der Waals surface area contributed by atoms with E-state index >= 15 is 0 Å². The van der Waals surface area contributed by atoms with Gasteiger partial charge in [-0.2, -0.15) is 0 Å². The van der Waals surface area contributed by atoms with Gasteiger partial charge in [0.2, 0.25) is 0 Å².